The minimum Gasteiger partial charge on any atom is -0.352 e. The first-order valence-electron chi connectivity index (χ1n) is 14.9. The van der Waals surface area contributed by atoms with Gasteiger partial charge in [-0.15, -0.1) is 10.2 Å². The molecule has 1 N–H and O–H groups in total. The summed E-state index contributed by atoms with van der Waals surface area (Å²) < 4.78 is 27.2. The molecule has 2 heterocycles. The van der Waals surface area contributed by atoms with Crippen molar-refractivity contribution < 1.29 is 13.6 Å². The number of halogens is 2. The van der Waals surface area contributed by atoms with Gasteiger partial charge in [0.25, 0.3) is 0 Å². The fraction of sp³-hybridized carbons (Fsp3) is 0.710. The van der Waals surface area contributed by atoms with Gasteiger partial charge in [-0.05, 0) is 63.4 Å². The largest absolute Gasteiger partial charge is 0.352 e. The molecule has 0 bridgehead atoms. The van der Waals surface area contributed by atoms with E-state index in [1.165, 1.54) is 31.2 Å². The van der Waals surface area contributed by atoms with Gasteiger partial charge in [-0.2, -0.15) is 0 Å². The van der Waals surface area contributed by atoms with Gasteiger partial charge < -0.3 is 9.88 Å². The first kappa shape index (κ1) is 28.2. The standard InChI is InChI=1S/C24H33N5O.C7H12F2/c1-16(2)23-27-26-17(3)29(23)19-13-22-24(14-19)11-9-21(24)28(22)12-10-20(25-15-30)18-7-5-4-6-8-18;1-6-2-4-7(8,9)5-3-6/h4-8,15-16,19-22H,9-14H2,1-3H3,(H,25,30);6H,2-5H2,1H3. The van der Waals surface area contributed by atoms with Crippen LogP contribution < -0.4 is 5.32 Å². The highest BCUT2D eigenvalue weighted by molar-refractivity contribution is 5.47. The summed E-state index contributed by atoms with van der Waals surface area (Å²) in [5, 5.41) is 11.9. The maximum Gasteiger partial charge on any atom is 0.248 e. The lowest BCUT2D eigenvalue weighted by molar-refractivity contribution is -0.188. The van der Waals surface area contributed by atoms with Gasteiger partial charge in [-0.3, -0.25) is 9.69 Å². The van der Waals surface area contributed by atoms with Crippen molar-refractivity contribution in [2.45, 2.75) is 121 Å². The van der Waals surface area contributed by atoms with Gasteiger partial charge in [-0.25, -0.2) is 8.78 Å². The van der Waals surface area contributed by atoms with Crippen molar-refractivity contribution >= 4 is 6.41 Å². The molecule has 39 heavy (non-hydrogen) atoms. The minimum atomic E-state index is -2.34. The number of carbonyl (C=O) groups excluding carboxylic acids is 1. The summed E-state index contributed by atoms with van der Waals surface area (Å²) in [5.41, 5.74) is 1.70. The maximum absolute atomic E-state index is 12.4. The second-order valence-corrected chi connectivity index (χ2v) is 12.8. The van der Waals surface area contributed by atoms with Crippen LogP contribution in [0.4, 0.5) is 8.78 Å². The molecule has 6 rings (SSSR count). The quantitative estimate of drug-likeness (QED) is 0.383. The molecule has 1 aromatic heterocycles. The van der Waals surface area contributed by atoms with Crippen molar-refractivity contribution in [3.8, 4) is 0 Å². The molecule has 4 fully saturated rings. The minimum absolute atomic E-state index is 0.0867. The molecule has 0 radical (unpaired) electrons. The molecular formula is C31H45F2N5O. The van der Waals surface area contributed by atoms with Gasteiger partial charge in [-0.1, -0.05) is 51.1 Å². The van der Waals surface area contributed by atoms with Crippen LogP contribution in [0.1, 0.15) is 114 Å². The Morgan fingerprint density at radius 2 is 1.79 bits per heavy atom. The van der Waals surface area contributed by atoms with E-state index >= 15 is 0 Å². The van der Waals surface area contributed by atoms with Crippen LogP contribution in [0.25, 0.3) is 0 Å². The number of nitrogens with zero attached hydrogens (tertiary/aromatic N) is 4. The molecule has 214 valence electrons. The Balaban J connectivity index is 0.000000292. The first-order valence-corrected chi connectivity index (χ1v) is 14.9. The smallest absolute Gasteiger partial charge is 0.248 e. The first-order chi connectivity index (χ1) is 18.6. The lowest BCUT2D eigenvalue weighted by Crippen LogP contribution is -2.74. The van der Waals surface area contributed by atoms with E-state index in [0.29, 0.717) is 42.2 Å². The molecule has 2 aromatic rings. The zero-order chi connectivity index (χ0) is 27.8. The van der Waals surface area contributed by atoms with Crippen LogP contribution in [0.2, 0.25) is 0 Å². The topological polar surface area (TPSA) is 63.1 Å². The van der Waals surface area contributed by atoms with Crippen LogP contribution in [-0.4, -0.2) is 50.6 Å². The van der Waals surface area contributed by atoms with Crippen LogP contribution in [-0.2, 0) is 4.79 Å². The highest BCUT2D eigenvalue weighted by atomic mass is 19.3. The maximum atomic E-state index is 12.4. The Bertz CT molecular complexity index is 1110. The Hall–Kier alpha value is -2.35. The molecule has 1 amide bonds. The summed E-state index contributed by atoms with van der Waals surface area (Å²) in [6, 6.07) is 12.3. The number of aryl methyl sites for hydroxylation is 1. The molecule has 8 heteroatoms. The molecule has 1 saturated heterocycles. The fourth-order valence-electron chi connectivity index (χ4n) is 7.83. The lowest BCUT2D eigenvalue weighted by Gasteiger charge is -2.68. The zero-order valence-electron chi connectivity index (χ0n) is 24.0. The molecule has 1 aromatic carbocycles. The van der Waals surface area contributed by atoms with Crippen LogP contribution in [0, 0.1) is 18.3 Å². The van der Waals surface area contributed by atoms with E-state index in [1.54, 1.807) is 0 Å². The second-order valence-electron chi connectivity index (χ2n) is 12.8. The summed E-state index contributed by atoms with van der Waals surface area (Å²) in [6.45, 7) is 9.61. The number of alkyl halides is 2. The molecule has 3 aliphatic carbocycles. The Morgan fingerprint density at radius 1 is 1.08 bits per heavy atom. The molecular weight excluding hydrogens is 496 g/mol. The van der Waals surface area contributed by atoms with E-state index in [0.717, 1.165) is 37.1 Å². The fourth-order valence-corrected chi connectivity index (χ4v) is 7.83. The van der Waals surface area contributed by atoms with Crippen molar-refractivity contribution in [1.82, 2.24) is 25.0 Å². The molecule has 5 unspecified atom stereocenters. The van der Waals surface area contributed by atoms with Gasteiger partial charge in [0.05, 0.1) is 6.04 Å². The second kappa shape index (κ2) is 11.3. The summed E-state index contributed by atoms with van der Waals surface area (Å²) in [6.07, 6.45) is 8.57. The number of amides is 1. The summed E-state index contributed by atoms with van der Waals surface area (Å²) in [7, 11) is 0. The van der Waals surface area contributed by atoms with Gasteiger partial charge >= 0.3 is 0 Å². The lowest BCUT2D eigenvalue weighted by atomic mass is 9.53. The summed E-state index contributed by atoms with van der Waals surface area (Å²) >= 11 is 0. The van der Waals surface area contributed by atoms with E-state index in [1.807, 2.05) is 25.1 Å². The molecule has 4 aliphatic rings. The summed E-state index contributed by atoms with van der Waals surface area (Å²) in [5.74, 6) is 0.771. The molecule has 6 nitrogen and oxygen atoms in total. The summed E-state index contributed by atoms with van der Waals surface area (Å²) in [4.78, 5) is 13.9. The highest BCUT2D eigenvalue weighted by Crippen LogP contribution is 2.67. The van der Waals surface area contributed by atoms with Gasteiger partial charge in [0.1, 0.15) is 11.6 Å². The van der Waals surface area contributed by atoms with Crippen molar-refractivity contribution in [3.05, 3.63) is 47.5 Å². The predicted octanol–water partition coefficient (Wildman–Crippen LogP) is 6.59. The number of likely N-dealkylation sites (tertiary alicyclic amines) is 1. The molecule has 1 aliphatic heterocycles. The number of aromatic nitrogens is 3. The molecule has 3 saturated carbocycles. The average Bonchev–Trinajstić information content (AvgIpc) is 3.48. The normalized spacial score (nSPS) is 30.3. The third kappa shape index (κ3) is 5.50. The Kier molecular flexibility index (Phi) is 8.14. The van der Waals surface area contributed by atoms with Gasteiger partial charge in [0.2, 0.25) is 12.3 Å². The number of benzene rings is 1. The Labute approximate surface area is 231 Å². The van der Waals surface area contributed by atoms with Crippen molar-refractivity contribution in [1.29, 1.82) is 0 Å². The van der Waals surface area contributed by atoms with Gasteiger partial charge in [0.15, 0.2) is 0 Å². The van der Waals surface area contributed by atoms with E-state index in [9.17, 15) is 13.6 Å². The van der Waals surface area contributed by atoms with E-state index in [2.05, 4.69) is 57.9 Å². The number of hydrogen-bond donors (Lipinski definition) is 1. The number of piperidine rings is 1. The van der Waals surface area contributed by atoms with Crippen molar-refractivity contribution in [2.75, 3.05) is 6.54 Å². The van der Waals surface area contributed by atoms with Crippen LogP contribution in [0.15, 0.2) is 30.3 Å². The highest BCUT2D eigenvalue weighted by Gasteiger charge is 2.69. The number of carbonyl (C=O) groups is 1. The van der Waals surface area contributed by atoms with Crippen molar-refractivity contribution in [3.63, 3.8) is 0 Å². The number of hydrogen-bond acceptors (Lipinski definition) is 4. The third-order valence-corrected chi connectivity index (χ3v) is 10.0. The SMILES string of the molecule is CC1CCC(F)(F)CC1.Cc1nnc(C(C)C)n1C1CC2N(CCC(NC=O)c3ccccc3)C3CCC32C1. The zero-order valence-corrected chi connectivity index (χ0v) is 24.0. The molecule has 1 spiro atoms. The van der Waals surface area contributed by atoms with Gasteiger partial charge in [0, 0.05) is 48.8 Å². The number of nitrogens with one attached hydrogen (secondary N) is 1. The van der Waals surface area contributed by atoms with Crippen molar-refractivity contribution in [2.24, 2.45) is 11.3 Å². The average molecular weight is 542 g/mol. The number of rotatable bonds is 8. The van der Waals surface area contributed by atoms with E-state index in [4.69, 9.17) is 0 Å². The van der Waals surface area contributed by atoms with Crippen LogP contribution >= 0.6 is 0 Å². The van der Waals surface area contributed by atoms with E-state index < -0.39 is 5.92 Å². The Morgan fingerprint density at radius 3 is 2.38 bits per heavy atom. The predicted molar refractivity (Wildman–Crippen MR) is 149 cm³/mol. The van der Waals surface area contributed by atoms with Crippen LogP contribution in [0.5, 0.6) is 0 Å². The molecule has 5 atom stereocenters. The van der Waals surface area contributed by atoms with E-state index in [-0.39, 0.29) is 18.9 Å². The third-order valence-electron chi connectivity index (χ3n) is 10.0. The monoisotopic (exact) mass is 541 g/mol. The van der Waals surface area contributed by atoms with Crippen LogP contribution in [0.3, 0.4) is 0 Å².